The second-order valence-electron chi connectivity index (χ2n) is 9.42. The fourth-order valence-corrected chi connectivity index (χ4v) is 4.67. The van der Waals surface area contributed by atoms with Crippen LogP contribution in [0, 0.1) is 5.82 Å². The van der Waals surface area contributed by atoms with Crippen LogP contribution in [-0.2, 0) is 10.3 Å². The predicted molar refractivity (Wildman–Crippen MR) is 150 cm³/mol. The van der Waals surface area contributed by atoms with Gasteiger partial charge in [0.2, 0.25) is 0 Å². The van der Waals surface area contributed by atoms with Crippen molar-refractivity contribution in [2.45, 2.75) is 5.60 Å². The van der Waals surface area contributed by atoms with Gasteiger partial charge in [-0.2, -0.15) is 0 Å². The van der Waals surface area contributed by atoms with E-state index in [9.17, 15) is 14.3 Å². The van der Waals surface area contributed by atoms with Crippen molar-refractivity contribution in [3.63, 3.8) is 0 Å². The number of nitrogens with one attached hydrogen (secondary N) is 1. The zero-order chi connectivity index (χ0) is 29.4. The van der Waals surface area contributed by atoms with Gasteiger partial charge < -0.3 is 34.5 Å². The third-order valence-electron chi connectivity index (χ3n) is 6.65. The molecule has 41 heavy (non-hydrogen) atoms. The Balaban J connectivity index is 1.64. The smallest absolute Gasteiger partial charge is 0.251 e. The molecule has 1 atom stereocenters. The highest BCUT2D eigenvalue weighted by Gasteiger charge is 2.35. The number of hydrogen-bond acceptors (Lipinski definition) is 9. The molecule has 2 heterocycles. The van der Waals surface area contributed by atoms with Crippen LogP contribution >= 0.6 is 11.6 Å². The molecule has 1 aliphatic heterocycles. The van der Waals surface area contributed by atoms with Gasteiger partial charge in [0, 0.05) is 30.8 Å². The normalized spacial score (nSPS) is 15.2. The summed E-state index contributed by atoms with van der Waals surface area (Å²) in [5, 5.41) is 23.8. The number of β-amino-alcohol motifs (C(OH)–C–C–N with tert-alkyl or cyclic N) is 1. The lowest BCUT2D eigenvalue weighted by Crippen LogP contribution is -2.51. The fourth-order valence-electron chi connectivity index (χ4n) is 4.49. The number of morpholine rings is 1. The number of aliphatic hydroxyl groups is 2. The molecule has 10 nitrogen and oxygen atoms in total. The van der Waals surface area contributed by atoms with E-state index in [1.807, 2.05) is 4.90 Å². The molecule has 3 N–H and O–H groups in total. The van der Waals surface area contributed by atoms with E-state index in [2.05, 4.69) is 5.32 Å². The number of rotatable bonds is 12. The fraction of sp³-hybridized carbons (Fsp3) is 0.379. The van der Waals surface area contributed by atoms with Gasteiger partial charge in [0.1, 0.15) is 29.5 Å². The topological polar surface area (TPSA) is 123 Å². The van der Waals surface area contributed by atoms with Crippen molar-refractivity contribution < 1.29 is 38.3 Å². The number of methoxy groups -OCH3 is 2. The van der Waals surface area contributed by atoms with E-state index in [4.69, 9.17) is 40.6 Å². The van der Waals surface area contributed by atoms with Crippen LogP contribution in [0.3, 0.4) is 0 Å². The first-order chi connectivity index (χ1) is 19.8. The maximum absolute atomic E-state index is 13.9. The van der Waals surface area contributed by atoms with Crippen LogP contribution in [0.1, 0.15) is 16.1 Å². The summed E-state index contributed by atoms with van der Waals surface area (Å²) >= 11 is 6.03. The van der Waals surface area contributed by atoms with E-state index in [1.165, 1.54) is 38.5 Å². The van der Waals surface area contributed by atoms with Gasteiger partial charge in [0.05, 0.1) is 51.3 Å². The Hall–Kier alpha value is -3.48. The lowest BCUT2D eigenvalue weighted by molar-refractivity contribution is -0.0361. The first-order valence-corrected chi connectivity index (χ1v) is 13.4. The van der Waals surface area contributed by atoms with E-state index in [0.29, 0.717) is 54.8 Å². The molecule has 220 valence electrons. The predicted octanol–water partition coefficient (Wildman–Crippen LogP) is 2.88. The summed E-state index contributed by atoms with van der Waals surface area (Å²) in [5.74, 6) is 0.106. The zero-order valence-corrected chi connectivity index (χ0v) is 23.6. The molecule has 1 amide bonds. The van der Waals surface area contributed by atoms with Gasteiger partial charge in [-0.05, 0) is 48.5 Å². The summed E-state index contributed by atoms with van der Waals surface area (Å²) < 4.78 is 35.6. The highest BCUT2D eigenvalue weighted by atomic mass is 35.5. The molecule has 1 aromatic heterocycles. The summed E-state index contributed by atoms with van der Waals surface area (Å²) in [6, 6.07) is 12.2. The molecule has 0 saturated carbocycles. The Morgan fingerprint density at radius 2 is 1.83 bits per heavy atom. The van der Waals surface area contributed by atoms with Crippen LogP contribution in [0.4, 0.5) is 4.39 Å². The number of pyridine rings is 1. The van der Waals surface area contributed by atoms with Crippen LogP contribution in [0.15, 0.2) is 48.5 Å². The molecule has 1 saturated heterocycles. The molecular formula is C29H33ClFN3O7. The Morgan fingerprint density at radius 3 is 2.51 bits per heavy atom. The van der Waals surface area contributed by atoms with E-state index in [0.717, 1.165) is 0 Å². The van der Waals surface area contributed by atoms with Gasteiger partial charge in [-0.25, -0.2) is 9.37 Å². The number of nitrogens with zero attached hydrogens (tertiary/aromatic N) is 2. The number of ether oxygens (including phenoxy) is 4. The second kappa shape index (κ2) is 13.9. The highest BCUT2D eigenvalue weighted by Crippen LogP contribution is 2.34. The molecule has 1 aliphatic rings. The van der Waals surface area contributed by atoms with Gasteiger partial charge in [0.15, 0.2) is 11.5 Å². The largest absolute Gasteiger partial charge is 0.494 e. The van der Waals surface area contributed by atoms with Gasteiger partial charge in [0.25, 0.3) is 5.91 Å². The van der Waals surface area contributed by atoms with Crippen LogP contribution in [-0.4, -0.2) is 92.8 Å². The number of amides is 1. The summed E-state index contributed by atoms with van der Waals surface area (Å²) in [6.45, 7) is 2.14. The Kier molecular flexibility index (Phi) is 10.4. The van der Waals surface area contributed by atoms with Crippen LogP contribution < -0.4 is 19.5 Å². The number of hydrogen-bond donors (Lipinski definition) is 3. The maximum atomic E-state index is 13.9. The average molecular weight is 590 g/mol. The van der Waals surface area contributed by atoms with Crippen molar-refractivity contribution >= 4 is 17.5 Å². The van der Waals surface area contributed by atoms with E-state index < -0.39 is 17.3 Å². The van der Waals surface area contributed by atoms with E-state index in [-0.39, 0.29) is 42.6 Å². The summed E-state index contributed by atoms with van der Waals surface area (Å²) in [5.41, 5.74) is -0.182. The average Bonchev–Trinajstić information content (AvgIpc) is 3.00. The second-order valence-corrected chi connectivity index (χ2v) is 9.82. The van der Waals surface area contributed by atoms with Crippen LogP contribution in [0.25, 0.3) is 11.3 Å². The van der Waals surface area contributed by atoms with Crippen LogP contribution in [0.5, 0.6) is 17.2 Å². The first kappa shape index (κ1) is 30.5. The Morgan fingerprint density at radius 1 is 1.10 bits per heavy atom. The summed E-state index contributed by atoms with van der Waals surface area (Å²) in [6.07, 6.45) is 0. The third kappa shape index (κ3) is 7.43. The van der Waals surface area contributed by atoms with Gasteiger partial charge in [-0.15, -0.1) is 0 Å². The summed E-state index contributed by atoms with van der Waals surface area (Å²) in [4.78, 5) is 19.9. The zero-order valence-electron chi connectivity index (χ0n) is 22.9. The van der Waals surface area contributed by atoms with Crippen molar-refractivity contribution in [1.29, 1.82) is 0 Å². The number of aliphatic hydroxyl groups excluding tert-OH is 1. The molecule has 1 fully saturated rings. The number of carbonyl (C=O) groups is 1. The Labute approximate surface area is 242 Å². The van der Waals surface area contributed by atoms with Crippen molar-refractivity contribution in [3.8, 4) is 28.5 Å². The SMILES string of the molecule is COc1cc(C(=O)NCC(O)(CN2CCOCC2)c2ccc(OC)c(-c3ccc(F)c(Cl)c3)n2)ccc1OCCO. The number of carbonyl (C=O) groups excluding carboxylic acids is 1. The Bertz CT molecular complexity index is 1360. The molecule has 2 aromatic carbocycles. The van der Waals surface area contributed by atoms with Crippen molar-refractivity contribution in [1.82, 2.24) is 15.2 Å². The minimum atomic E-state index is -1.62. The summed E-state index contributed by atoms with van der Waals surface area (Å²) in [7, 11) is 2.94. The maximum Gasteiger partial charge on any atom is 0.251 e. The van der Waals surface area contributed by atoms with E-state index >= 15 is 0 Å². The van der Waals surface area contributed by atoms with Crippen molar-refractivity contribution in [2.75, 3.05) is 66.8 Å². The molecule has 0 aliphatic carbocycles. The minimum absolute atomic E-state index is 0.0733. The van der Waals surface area contributed by atoms with E-state index in [1.54, 1.807) is 24.3 Å². The molecule has 4 rings (SSSR count). The molecule has 3 aromatic rings. The lowest BCUT2D eigenvalue weighted by atomic mass is 9.96. The van der Waals surface area contributed by atoms with Gasteiger partial charge in [-0.1, -0.05) is 11.6 Å². The van der Waals surface area contributed by atoms with Crippen LogP contribution in [0.2, 0.25) is 5.02 Å². The monoisotopic (exact) mass is 589 g/mol. The molecule has 12 heteroatoms. The molecule has 1 unspecified atom stereocenters. The lowest BCUT2D eigenvalue weighted by Gasteiger charge is -2.36. The number of benzene rings is 2. The number of halogens is 2. The van der Waals surface area contributed by atoms with Gasteiger partial charge >= 0.3 is 0 Å². The highest BCUT2D eigenvalue weighted by molar-refractivity contribution is 6.31. The molecule has 0 radical (unpaired) electrons. The molecular weight excluding hydrogens is 557 g/mol. The van der Waals surface area contributed by atoms with Crippen molar-refractivity contribution in [3.05, 3.63) is 70.6 Å². The van der Waals surface area contributed by atoms with Gasteiger partial charge in [-0.3, -0.25) is 9.69 Å². The number of aromatic nitrogens is 1. The first-order valence-electron chi connectivity index (χ1n) is 13.0. The van der Waals surface area contributed by atoms with Crippen molar-refractivity contribution in [2.24, 2.45) is 0 Å². The molecule has 0 bridgehead atoms. The minimum Gasteiger partial charge on any atom is -0.494 e. The quantitative estimate of drug-likeness (QED) is 0.293. The third-order valence-corrected chi connectivity index (χ3v) is 6.94. The standard InChI is InChI=1S/C29H33ClFN3O7/c1-38-24-7-8-26(33-27(24)19-3-5-22(31)21(30)15-19)29(37,18-34-9-12-40-13-10-34)17-32-28(36)20-4-6-23(41-14-11-35)25(16-20)39-2/h3-8,15-16,35,37H,9-14,17-18H2,1-2H3,(H,32,36). The molecule has 0 spiro atoms.